The van der Waals surface area contributed by atoms with E-state index in [4.69, 9.17) is 0 Å². The van der Waals surface area contributed by atoms with Gasteiger partial charge in [0.1, 0.15) is 5.82 Å². The first-order valence-corrected chi connectivity index (χ1v) is 10.6. The fourth-order valence-electron chi connectivity index (χ4n) is 3.68. The standard InChI is InChI=1S/C24H34N6.HI/c1-19-28-22-13-8-9-14-23(22)30(19)16-10-15-26-24(25-2)27-18-21(29(3)4)17-20-11-6-5-7-12-20;/h5-9,11-14,21H,10,15-18H2,1-4H3,(H2,25,26,27);1H. The van der Waals surface area contributed by atoms with Gasteiger partial charge in [0.2, 0.25) is 0 Å². The maximum atomic E-state index is 4.64. The van der Waals surface area contributed by atoms with Gasteiger partial charge in [-0.1, -0.05) is 42.5 Å². The topological polar surface area (TPSA) is 57.5 Å². The molecule has 0 aliphatic rings. The van der Waals surface area contributed by atoms with E-state index in [0.717, 1.165) is 49.8 Å². The second kappa shape index (κ2) is 12.7. The van der Waals surface area contributed by atoms with Crippen molar-refractivity contribution in [2.45, 2.75) is 32.4 Å². The van der Waals surface area contributed by atoms with Gasteiger partial charge >= 0.3 is 0 Å². The summed E-state index contributed by atoms with van der Waals surface area (Å²) in [5.41, 5.74) is 3.62. The molecule has 0 spiro atoms. The first-order valence-electron chi connectivity index (χ1n) is 10.6. The van der Waals surface area contributed by atoms with Crippen LogP contribution in [0.25, 0.3) is 11.0 Å². The zero-order chi connectivity index (χ0) is 21.3. The van der Waals surface area contributed by atoms with Gasteiger partial charge in [-0.25, -0.2) is 4.98 Å². The Morgan fingerprint density at radius 3 is 2.48 bits per heavy atom. The monoisotopic (exact) mass is 534 g/mol. The summed E-state index contributed by atoms with van der Waals surface area (Å²) in [6.45, 7) is 4.70. The molecule has 0 fully saturated rings. The van der Waals surface area contributed by atoms with Gasteiger partial charge in [-0.05, 0) is 51.6 Å². The number of aryl methyl sites for hydroxylation is 2. The first kappa shape index (κ1) is 25.1. The van der Waals surface area contributed by atoms with Gasteiger partial charge in [-0.15, -0.1) is 24.0 Å². The van der Waals surface area contributed by atoms with E-state index < -0.39 is 0 Å². The normalized spacial score (nSPS) is 12.6. The van der Waals surface area contributed by atoms with Crippen LogP contribution in [0.4, 0.5) is 0 Å². The zero-order valence-corrected chi connectivity index (χ0v) is 21.3. The van der Waals surface area contributed by atoms with E-state index in [9.17, 15) is 0 Å². The Labute approximate surface area is 203 Å². The summed E-state index contributed by atoms with van der Waals surface area (Å²) in [5, 5.41) is 6.93. The van der Waals surface area contributed by atoms with E-state index in [-0.39, 0.29) is 24.0 Å². The molecule has 3 aromatic rings. The van der Waals surface area contributed by atoms with Gasteiger partial charge in [0.05, 0.1) is 11.0 Å². The Kier molecular flexibility index (Phi) is 10.3. The van der Waals surface area contributed by atoms with Crippen LogP contribution in [0.2, 0.25) is 0 Å². The van der Waals surface area contributed by atoms with E-state index in [1.54, 1.807) is 0 Å². The third kappa shape index (κ3) is 7.21. The van der Waals surface area contributed by atoms with E-state index in [0.29, 0.717) is 6.04 Å². The summed E-state index contributed by atoms with van der Waals surface area (Å²) in [5.74, 6) is 1.91. The molecule has 0 radical (unpaired) electrons. The summed E-state index contributed by atoms with van der Waals surface area (Å²) >= 11 is 0. The van der Waals surface area contributed by atoms with E-state index in [2.05, 4.69) is 99.6 Å². The quantitative estimate of drug-likeness (QED) is 0.190. The Morgan fingerprint density at radius 2 is 1.77 bits per heavy atom. The minimum atomic E-state index is 0. The largest absolute Gasteiger partial charge is 0.356 e. The van der Waals surface area contributed by atoms with Crippen molar-refractivity contribution in [2.75, 3.05) is 34.2 Å². The summed E-state index contributed by atoms with van der Waals surface area (Å²) in [4.78, 5) is 11.3. The minimum absolute atomic E-state index is 0. The number of para-hydroxylation sites is 2. The molecule has 0 saturated carbocycles. The van der Waals surface area contributed by atoms with Crippen molar-refractivity contribution in [3.63, 3.8) is 0 Å². The van der Waals surface area contributed by atoms with E-state index in [1.807, 2.05) is 13.1 Å². The van der Waals surface area contributed by atoms with Crippen LogP contribution in [0.1, 0.15) is 17.8 Å². The van der Waals surface area contributed by atoms with Crippen LogP contribution < -0.4 is 10.6 Å². The van der Waals surface area contributed by atoms with Crippen molar-refractivity contribution in [2.24, 2.45) is 4.99 Å². The molecule has 1 heterocycles. The van der Waals surface area contributed by atoms with Crippen molar-refractivity contribution in [3.05, 3.63) is 66.0 Å². The van der Waals surface area contributed by atoms with Gasteiger partial charge in [0, 0.05) is 32.7 Å². The maximum Gasteiger partial charge on any atom is 0.191 e. The lowest BCUT2D eigenvalue weighted by atomic mass is 10.1. The lowest BCUT2D eigenvalue weighted by molar-refractivity contribution is 0.290. The molecule has 1 aromatic heterocycles. The molecule has 0 amide bonds. The number of benzene rings is 2. The molecule has 2 N–H and O–H groups in total. The van der Waals surface area contributed by atoms with Crippen molar-refractivity contribution < 1.29 is 0 Å². The van der Waals surface area contributed by atoms with Crippen molar-refractivity contribution >= 4 is 41.0 Å². The molecule has 3 rings (SSSR count). The molecule has 2 aromatic carbocycles. The lowest BCUT2D eigenvalue weighted by Crippen LogP contribution is -2.46. The predicted octanol–water partition coefficient (Wildman–Crippen LogP) is 3.69. The summed E-state index contributed by atoms with van der Waals surface area (Å²) < 4.78 is 2.29. The summed E-state index contributed by atoms with van der Waals surface area (Å²) in [6.07, 6.45) is 2.01. The zero-order valence-electron chi connectivity index (χ0n) is 19.0. The van der Waals surface area contributed by atoms with Gasteiger partial charge < -0.3 is 20.1 Å². The molecule has 1 atom stereocenters. The molecule has 31 heavy (non-hydrogen) atoms. The van der Waals surface area contributed by atoms with Gasteiger partial charge in [-0.3, -0.25) is 4.99 Å². The molecule has 7 heteroatoms. The number of fused-ring (bicyclic) bond motifs is 1. The molecule has 0 aliphatic heterocycles. The minimum Gasteiger partial charge on any atom is -0.356 e. The molecule has 0 aliphatic carbocycles. The van der Waals surface area contributed by atoms with Crippen molar-refractivity contribution in [1.82, 2.24) is 25.1 Å². The average Bonchev–Trinajstić information content (AvgIpc) is 3.07. The van der Waals surface area contributed by atoms with Crippen LogP contribution in [0.5, 0.6) is 0 Å². The molecule has 168 valence electrons. The second-order valence-corrected chi connectivity index (χ2v) is 7.84. The fraction of sp³-hybridized carbons (Fsp3) is 0.417. The number of hydrogen-bond donors (Lipinski definition) is 2. The molecule has 1 unspecified atom stereocenters. The first-order chi connectivity index (χ1) is 14.6. The van der Waals surface area contributed by atoms with Gasteiger partial charge in [0.15, 0.2) is 5.96 Å². The number of nitrogens with one attached hydrogen (secondary N) is 2. The van der Waals surface area contributed by atoms with Crippen molar-refractivity contribution in [3.8, 4) is 0 Å². The smallest absolute Gasteiger partial charge is 0.191 e. The van der Waals surface area contributed by atoms with Crippen LogP contribution in [0.3, 0.4) is 0 Å². The molecular formula is C24H35IN6. The number of rotatable bonds is 9. The van der Waals surface area contributed by atoms with Crippen LogP contribution in [-0.2, 0) is 13.0 Å². The fourth-order valence-corrected chi connectivity index (χ4v) is 3.68. The molecule has 0 saturated heterocycles. The number of likely N-dealkylation sites (N-methyl/N-ethyl adjacent to an activating group) is 1. The SMILES string of the molecule is CN=C(NCCCn1c(C)nc2ccccc21)NCC(Cc1ccccc1)N(C)C.I. The van der Waals surface area contributed by atoms with Gasteiger partial charge in [0.25, 0.3) is 0 Å². The number of halogens is 1. The number of aromatic nitrogens is 2. The molecule has 6 nitrogen and oxygen atoms in total. The third-order valence-electron chi connectivity index (χ3n) is 5.47. The maximum absolute atomic E-state index is 4.64. The summed E-state index contributed by atoms with van der Waals surface area (Å²) in [6, 6.07) is 19.3. The predicted molar refractivity (Wildman–Crippen MR) is 141 cm³/mol. The number of hydrogen-bond acceptors (Lipinski definition) is 3. The highest BCUT2D eigenvalue weighted by Gasteiger charge is 2.13. The van der Waals surface area contributed by atoms with E-state index in [1.165, 1.54) is 11.1 Å². The number of guanidine groups is 1. The Bertz CT molecular complexity index is 951. The van der Waals surface area contributed by atoms with E-state index >= 15 is 0 Å². The average molecular weight is 534 g/mol. The second-order valence-electron chi connectivity index (χ2n) is 7.84. The lowest BCUT2D eigenvalue weighted by Gasteiger charge is -2.25. The third-order valence-corrected chi connectivity index (χ3v) is 5.47. The number of aliphatic imine (C=N–C) groups is 1. The highest BCUT2D eigenvalue weighted by atomic mass is 127. The van der Waals surface area contributed by atoms with Crippen LogP contribution in [-0.4, -0.2) is 60.7 Å². The van der Waals surface area contributed by atoms with Crippen LogP contribution in [0, 0.1) is 6.92 Å². The Morgan fingerprint density at radius 1 is 1.06 bits per heavy atom. The molecular weight excluding hydrogens is 499 g/mol. The number of nitrogens with zero attached hydrogens (tertiary/aromatic N) is 4. The number of imidazole rings is 1. The highest BCUT2D eigenvalue weighted by molar-refractivity contribution is 14.0. The van der Waals surface area contributed by atoms with Crippen LogP contribution >= 0.6 is 24.0 Å². The van der Waals surface area contributed by atoms with Gasteiger partial charge in [-0.2, -0.15) is 0 Å². The molecule has 0 bridgehead atoms. The Balaban J connectivity index is 0.00000341. The summed E-state index contributed by atoms with van der Waals surface area (Å²) in [7, 11) is 6.08. The highest BCUT2D eigenvalue weighted by Crippen LogP contribution is 2.15. The van der Waals surface area contributed by atoms with Crippen molar-refractivity contribution in [1.29, 1.82) is 0 Å². The van der Waals surface area contributed by atoms with Crippen LogP contribution in [0.15, 0.2) is 59.6 Å². The Hall–Kier alpha value is -2.13.